The number of carbonyl (C=O) groups excluding carboxylic acids is 1. The topological polar surface area (TPSA) is 26.3 Å². The fourth-order valence-electron chi connectivity index (χ4n) is 4.04. The minimum Gasteiger partial charge on any atom is -0.380 e. The van der Waals surface area contributed by atoms with Crippen molar-refractivity contribution < 1.29 is 9.53 Å². The minimum absolute atomic E-state index is 0.300. The number of fused-ring (bicyclic) bond motifs is 3. The molecule has 0 saturated carbocycles. The Morgan fingerprint density at radius 3 is 2.04 bits per heavy atom. The molecule has 0 N–H and O–H groups in total. The summed E-state index contributed by atoms with van der Waals surface area (Å²) in [6.45, 7) is 5.24. The van der Waals surface area contributed by atoms with Crippen molar-refractivity contribution in [2.45, 2.75) is 51.4 Å². The molecule has 0 radical (unpaired) electrons. The van der Waals surface area contributed by atoms with Crippen LogP contribution in [0.15, 0.2) is 48.5 Å². The summed E-state index contributed by atoms with van der Waals surface area (Å²) in [6, 6.07) is 16.7. The first-order chi connectivity index (χ1) is 12.3. The SMILES string of the molecule is CCCCCCC(=O)C1(COCC)c2ccccc2-c2ccccc21. The van der Waals surface area contributed by atoms with Gasteiger partial charge in [0.25, 0.3) is 0 Å². The number of carbonyl (C=O) groups is 1. The van der Waals surface area contributed by atoms with Gasteiger partial charge in [-0.15, -0.1) is 0 Å². The highest BCUT2D eigenvalue weighted by Gasteiger charge is 2.48. The summed E-state index contributed by atoms with van der Waals surface area (Å²) >= 11 is 0. The van der Waals surface area contributed by atoms with E-state index in [1.807, 2.05) is 19.1 Å². The molecule has 132 valence electrons. The van der Waals surface area contributed by atoms with Crippen LogP contribution < -0.4 is 0 Å². The molecule has 2 aromatic rings. The van der Waals surface area contributed by atoms with Crippen molar-refractivity contribution in [3.05, 3.63) is 59.7 Å². The van der Waals surface area contributed by atoms with Crippen LogP contribution in [0.1, 0.15) is 57.1 Å². The molecule has 0 aromatic heterocycles. The third kappa shape index (κ3) is 3.16. The molecule has 0 amide bonds. The van der Waals surface area contributed by atoms with Crippen LogP contribution >= 0.6 is 0 Å². The third-order valence-corrected chi connectivity index (χ3v) is 5.32. The Bertz CT molecular complexity index is 687. The van der Waals surface area contributed by atoms with E-state index in [1.54, 1.807) is 0 Å². The van der Waals surface area contributed by atoms with Crippen molar-refractivity contribution >= 4 is 5.78 Å². The van der Waals surface area contributed by atoms with Gasteiger partial charge in [-0.25, -0.2) is 0 Å². The van der Waals surface area contributed by atoms with E-state index in [4.69, 9.17) is 4.74 Å². The van der Waals surface area contributed by atoms with Crippen LogP contribution in [0.5, 0.6) is 0 Å². The third-order valence-electron chi connectivity index (χ3n) is 5.32. The molecular formula is C23H28O2. The van der Waals surface area contributed by atoms with E-state index in [-0.39, 0.29) is 0 Å². The first-order valence-electron chi connectivity index (χ1n) is 9.56. The molecule has 0 unspecified atom stereocenters. The van der Waals surface area contributed by atoms with Crippen molar-refractivity contribution in [3.63, 3.8) is 0 Å². The lowest BCUT2D eigenvalue weighted by molar-refractivity contribution is -0.125. The van der Waals surface area contributed by atoms with E-state index >= 15 is 0 Å². The Morgan fingerprint density at radius 1 is 0.880 bits per heavy atom. The zero-order chi connectivity index (χ0) is 17.7. The smallest absolute Gasteiger partial charge is 0.150 e. The van der Waals surface area contributed by atoms with Gasteiger partial charge in [0.2, 0.25) is 0 Å². The van der Waals surface area contributed by atoms with Crippen molar-refractivity contribution in [1.29, 1.82) is 0 Å². The zero-order valence-electron chi connectivity index (χ0n) is 15.4. The monoisotopic (exact) mass is 336 g/mol. The number of unbranched alkanes of at least 4 members (excludes halogenated alkanes) is 3. The van der Waals surface area contributed by atoms with Gasteiger partial charge >= 0.3 is 0 Å². The van der Waals surface area contributed by atoms with Crippen LogP contribution in [0.2, 0.25) is 0 Å². The summed E-state index contributed by atoms with van der Waals surface area (Å²) in [4.78, 5) is 13.5. The standard InChI is InChI=1S/C23H28O2/c1-3-5-6-7-16-22(24)23(17-25-4-2)20-14-10-8-12-18(20)19-13-9-11-15-21(19)23/h8-15H,3-7,16-17H2,1-2H3. The molecule has 0 spiro atoms. The molecule has 2 nitrogen and oxygen atoms in total. The van der Waals surface area contributed by atoms with E-state index < -0.39 is 5.41 Å². The van der Waals surface area contributed by atoms with Gasteiger partial charge in [0.15, 0.2) is 0 Å². The first-order valence-corrected chi connectivity index (χ1v) is 9.56. The van der Waals surface area contributed by atoms with Gasteiger partial charge in [-0.1, -0.05) is 74.7 Å². The lowest BCUT2D eigenvalue weighted by Crippen LogP contribution is -2.40. The maximum atomic E-state index is 13.5. The molecule has 0 aliphatic heterocycles. The van der Waals surface area contributed by atoms with E-state index in [0.717, 1.165) is 24.0 Å². The van der Waals surface area contributed by atoms with Gasteiger partial charge in [0.05, 0.1) is 6.61 Å². The van der Waals surface area contributed by atoms with Gasteiger partial charge < -0.3 is 4.74 Å². The molecular weight excluding hydrogens is 308 g/mol. The Morgan fingerprint density at radius 2 is 1.48 bits per heavy atom. The first kappa shape index (κ1) is 17.9. The van der Waals surface area contributed by atoms with Crippen LogP contribution in [0.3, 0.4) is 0 Å². The summed E-state index contributed by atoms with van der Waals surface area (Å²) in [5.74, 6) is 0.300. The molecule has 2 aromatic carbocycles. The van der Waals surface area contributed by atoms with E-state index in [2.05, 4.69) is 43.3 Å². The Labute approximate surface area is 151 Å². The molecule has 1 aliphatic carbocycles. The van der Waals surface area contributed by atoms with Crippen LogP contribution in [-0.2, 0) is 14.9 Å². The number of ether oxygens (including phenoxy) is 1. The lowest BCUT2D eigenvalue weighted by atomic mass is 9.73. The van der Waals surface area contributed by atoms with E-state index in [0.29, 0.717) is 25.4 Å². The van der Waals surface area contributed by atoms with Crippen LogP contribution in [0.4, 0.5) is 0 Å². The molecule has 3 rings (SSSR count). The molecule has 25 heavy (non-hydrogen) atoms. The highest BCUT2D eigenvalue weighted by Crippen LogP contribution is 2.50. The van der Waals surface area contributed by atoms with Crippen molar-refractivity contribution in [2.75, 3.05) is 13.2 Å². The van der Waals surface area contributed by atoms with Crippen molar-refractivity contribution in [2.24, 2.45) is 0 Å². The van der Waals surface area contributed by atoms with Gasteiger partial charge in [0.1, 0.15) is 11.2 Å². The summed E-state index contributed by atoms with van der Waals surface area (Å²) in [7, 11) is 0. The zero-order valence-corrected chi connectivity index (χ0v) is 15.4. The van der Waals surface area contributed by atoms with Gasteiger partial charge in [-0.3, -0.25) is 4.79 Å². The van der Waals surface area contributed by atoms with Crippen molar-refractivity contribution in [3.8, 4) is 11.1 Å². The minimum atomic E-state index is -0.643. The molecule has 0 bridgehead atoms. The molecule has 0 heterocycles. The lowest BCUT2D eigenvalue weighted by Gasteiger charge is -2.30. The van der Waals surface area contributed by atoms with Crippen LogP contribution in [-0.4, -0.2) is 19.0 Å². The fraction of sp³-hybridized carbons (Fsp3) is 0.435. The van der Waals surface area contributed by atoms with E-state index in [1.165, 1.54) is 24.0 Å². The highest BCUT2D eigenvalue weighted by molar-refractivity contribution is 6.01. The average Bonchev–Trinajstić information content (AvgIpc) is 2.95. The molecule has 0 saturated heterocycles. The van der Waals surface area contributed by atoms with Crippen LogP contribution in [0, 0.1) is 0 Å². The average molecular weight is 336 g/mol. The summed E-state index contributed by atoms with van der Waals surface area (Å²) < 4.78 is 5.86. The second-order valence-electron chi connectivity index (χ2n) is 6.87. The summed E-state index contributed by atoms with van der Waals surface area (Å²) in [5, 5.41) is 0. The second kappa shape index (κ2) is 7.97. The fourth-order valence-corrected chi connectivity index (χ4v) is 4.04. The predicted octanol–water partition coefficient (Wildman–Crippen LogP) is 5.53. The van der Waals surface area contributed by atoms with Gasteiger partial charge in [0, 0.05) is 13.0 Å². The number of hydrogen-bond donors (Lipinski definition) is 0. The largest absolute Gasteiger partial charge is 0.380 e. The van der Waals surface area contributed by atoms with Gasteiger partial charge in [-0.2, -0.15) is 0 Å². The number of ketones is 1. The highest BCUT2D eigenvalue weighted by atomic mass is 16.5. The Kier molecular flexibility index (Phi) is 5.70. The number of rotatable bonds is 9. The number of hydrogen-bond acceptors (Lipinski definition) is 2. The number of Topliss-reactive ketones (excluding diaryl/α,β-unsaturated/α-hetero) is 1. The molecule has 1 aliphatic rings. The number of benzene rings is 2. The molecule has 2 heteroatoms. The van der Waals surface area contributed by atoms with Crippen LogP contribution in [0.25, 0.3) is 11.1 Å². The molecule has 0 fully saturated rings. The Hall–Kier alpha value is -1.93. The quantitative estimate of drug-likeness (QED) is 0.563. The van der Waals surface area contributed by atoms with E-state index in [9.17, 15) is 4.79 Å². The maximum Gasteiger partial charge on any atom is 0.150 e. The summed E-state index contributed by atoms with van der Waals surface area (Å²) in [5.41, 5.74) is 3.95. The maximum absolute atomic E-state index is 13.5. The van der Waals surface area contributed by atoms with Crippen molar-refractivity contribution in [1.82, 2.24) is 0 Å². The second-order valence-corrected chi connectivity index (χ2v) is 6.87. The van der Waals surface area contributed by atoms with Gasteiger partial charge in [-0.05, 0) is 35.6 Å². The Balaban J connectivity index is 2.03. The molecule has 0 atom stereocenters. The normalized spacial score (nSPS) is 14.2. The summed E-state index contributed by atoms with van der Waals surface area (Å²) in [6.07, 6.45) is 5.08. The predicted molar refractivity (Wildman–Crippen MR) is 103 cm³/mol.